The van der Waals surface area contributed by atoms with Crippen molar-refractivity contribution in [1.82, 2.24) is 20.2 Å². The van der Waals surface area contributed by atoms with Crippen LogP contribution >= 0.6 is 11.3 Å². The van der Waals surface area contributed by atoms with Gasteiger partial charge in [0.15, 0.2) is 13.3 Å². The van der Waals surface area contributed by atoms with Crippen molar-refractivity contribution in [2.45, 2.75) is 115 Å². The zero-order valence-corrected chi connectivity index (χ0v) is 27.8. The molecule has 1 aliphatic heterocycles. The molecule has 0 radical (unpaired) electrons. The number of carbonyl (C=O) groups excluding carboxylic acids is 2. The molecule has 2 aliphatic rings. The lowest BCUT2D eigenvalue weighted by molar-refractivity contribution is -0.142. The molecular weight excluding hydrogens is 621 g/mol. The van der Waals surface area contributed by atoms with Crippen molar-refractivity contribution in [3.05, 3.63) is 28.5 Å². The molecule has 2 fully saturated rings. The minimum atomic E-state index is -4.61. The number of nitrogens with one attached hydrogen (secondary N) is 2. The minimum Gasteiger partial charge on any atom is -0.412 e. The Morgan fingerprint density at radius 2 is 1.91 bits per heavy atom. The third-order valence-corrected chi connectivity index (χ3v) is 14.3. The van der Waals surface area contributed by atoms with Crippen LogP contribution < -0.4 is 10.6 Å². The summed E-state index contributed by atoms with van der Waals surface area (Å²) < 4.78 is 75.1. The number of hydrogen-bond acceptors (Lipinski definition) is 7. The van der Waals surface area contributed by atoms with Crippen LogP contribution in [0.2, 0.25) is 18.1 Å². The van der Waals surface area contributed by atoms with Gasteiger partial charge in [-0.3, -0.25) is 9.59 Å². The van der Waals surface area contributed by atoms with E-state index >= 15 is 0 Å². The van der Waals surface area contributed by atoms with Gasteiger partial charge in [0.2, 0.25) is 0 Å². The van der Waals surface area contributed by atoms with Gasteiger partial charge in [0.1, 0.15) is 17.6 Å². The maximum Gasteiger partial charge on any atom is 0.408 e. The van der Waals surface area contributed by atoms with Gasteiger partial charge in [-0.1, -0.05) is 27.7 Å². The van der Waals surface area contributed by atoms with Gasteiger partial charge in [-0.25, -0.2) is 18.7 Å². The Kier molecular flexibility index (Phi) is 9.82. The van der Waals surface area contributed by atoms with Crippen LogP contribution in [0.4, 0.5) is 27.8 Å². The number of likely N-dealkylation sites (tertiary alicyclic amines) is 1. The van der Waals surface area contributed by atoms with Crippen molar-refractivity contribution in [2.24, 2.45) is 0 Å². The van der Waals surface area contributed by atoms with Crippen LogP contribution in [0.15, 0.2) is 12.3 Å². The monoisotopic (exact) mass is 661 g/mol. The van der Waals surface area contributed by atoms with E-state index in [0.717, 1.165) is 36.4 Å². The van der Waals surface area contributed by atoms with Crippen molar-refractivity contribution in [1.29, 1.82) is 0 Å². The van der Waals surface area contributed by atoms with Crippen molar-refractivity contribution in [3.63, 3.8) is 0 Å². The van der Waals surface area contributed by atoms with Crippen molar-refractivity contribution in [3.8, 4) is 10.4 Å². The van der Waals surface area contributed by atoms with Crippen LogP contribution in [-0.2, 0) is 4.43 Å². The first kappa shape index (κ1) is 34.2. The summed E-state index contributed by atoms with van der Waals surface area (Å²) >= 11 is 0.781. The molecule has 244 valence electrons. The summed E-state index contributed by atoms with van der Waals surface area (Å²) in [6.07, 6.45) is -5.04. The van der Waals surface area contributed by atoms with Crippen molar-refractivity contribution < 1.29 is 36.0 Å². The molecule has 44 heavy (non-hydrogen) atoms. The number of carbonyl (C=O) groups is 2. The Morgan fingerprint density at radius 1 is 1.23 bits per heavy atom. The van der Waals surface area contributed by atoms with E-state index < -0.39 is 44.3 Å². The summed E-state index contributed by atoms with van der Waals surface area (Å²) in [5.74, 6) is -1.44. The molecule has 3 heterocycles. The first-order valence-corrected chi connectivity index (χ1v) is 18.5. The van der Waals surface area contributed by atoms with Gasteiger partial charge in [-0.05, 0) is 56.8 Å². The number of thiazole rings is 1. The number of amides is 2. The molecule has 2 aromatic heterocycles. The number of anilines is 1. The summed E-state index contributed by atoms with van der Waals surface area (Å²) in [5.41, 5.74) is -0.948. The lowest BCUT2D eigenvalue weighted by Crippen LogP contribution is -2.42. The van der Waals surface area contributed by atoms with E-state index in [2.05, 4.69) is 54.5 Å². The van der Waals surface area contributed by atoms with Crippen molar-refractivity contribution in [2.75, 3.05) is 11.9 Å². The topological polar surface area (TPSA) is 96.4 Å². The fraction of sp³-hybridized carbons (Fsp3) is 0.655. The second-order valence-corrected chi connectivity index (χ2v) is 18.8. The minimum absolute atomic E-state index is 0.0119. The molecule has 8 nitrogen and oxygen atoms in total. The third-order valence-electron chi connectivity index (χ3n) is 8.68. The second kappa shape index (κ2) is 12.6. The molecule has 1 saturated carbocycles. The molecular formula is C29H40F5N5O3SSi. The quantitative estimate of drug-likeness (QED) is 0.203. The first-order valence-electron chi connectivity index (χ1n) is 14.8. The Hall–Kier alpha value is -2.65. The van der Waals surface area contributed by atoms with E-state index in [-0.39, 0.29) is 56.6 Å². The Labute approximate surface area is 259 Å². The molecule has 4 atom stereocenters. The van der Waals surface area contributed by atoms with E-state index in [1.54, 1.807) is 4.90 Å². The van der Waals surface area contributed by atoms with Gasteiger partial charge in [0, 0.05) is 29.9 Å². The molecule has 2 aromatic rings. The van der Waals surface area contributed by atoms with E-state index in [9.17, 15) is 31.5 Å². The predicted octanol–water partition coefficient (Wildman–Crippen LogP) is 7.41. The number of pyridine rings is 1. The largest absolute Gasteiger partial charge is 0.412 e. The van der Waals surface area contributed by atoms with Gasteiger partial charge in [-0.2, -0.15) is 13.2 Å². The lowest BCUT2D eigenvalue weighted by atomic mass is 10.1. The first-order chi connectivity index (χ1) is 20.3. The van der Waals surface area contributed by atoms with Gasteiger partial charge < -0.3 is 20.0 Å². The normalized spacial score (nSPS) is 21.5. The lowest BCUT2D eigenvalue weighted by Gasteiger charge is -2.36. The molecule has 0 spiro atoms. The average molecular weight is 662 g/mol. The van der Waals surface area contributed by atoms with Crippen LogP contribution in [0, 0.1) is 0 Å². The molecule has 1 aliphatic carbocycles. The summed E-state index contributed by atoms with van der Waals surface area (Å²) in [6, 6.07) is -1.48. The summed E-state index contributed by atoms with van der Waals surface area (Å²) in [7, 11) is -2.07. The number of alkyl halides is 5. The van der Waals surface area contributed by atoms with Crippen LogP contribution in [0.25, 0.3) is 10.4 Å². The van der Waals surface area contributed by atoms with Crippen LogP contribution in [0.5, 0.6) is 0 Å². The van der Waals surface area contributed by atoms with E-state index in [1.165, 1.54) is 6.92 Å². The maximum atomic E-state index is 14.4. The fourth-order valence-electron chi connectivity index (χ4n) is 4.87. The van der Waals surface area contributed by atoms with Gasteiger partial charge in [0.25, 0.3) is 18.2 Å². The fourth-order valence-corrected chi connectivity index (χ4v) is 7.23. The molecule has 15 heteroatoms. The Balaban J connectivity index is 1.66. The average Bonchev–Trinajstić information content (AvgIpc) is 3.28. The summed E-state index contributed by atoms with van der Waals surface area (Å²) in [6.45, 7) is 14.2. The van der Waals surface area contributed by atoms with Gasteiger partial charge in [-0.15, -0.1) is 11.3 Å². The molecule has 1 saturated heterocycles. The van der Waals surface area contributed by atoms with Crippen LogP contribution in [-0.4, -0.2) is 72.0 Å². The molecule has 4 rings (SSSR count). The number of aromatic nitrogens is 2. The zero-order chi connectivity index (χ0) is 32.8. The molecule has 0 aromatic carbocycles. The Bertz CT molecular complexity index is 1380. The van der Waals surface area contributed by atoms with Crippen molar-refractivity contribution >= 4 is 37.3 Å². The third kappa shape index (κ3) is 7.41. The summed E-state index contributed by atoms with van der Waals surface area (Å²) in [5, 5.41) is 4.98. The number of rotatable bonds is 10. The Morgan fingerprint density at radius 3 is 2.45 bits per heavy atom. The van der Waals surface area contributed by atoms with E-state index in [0.29, 0.717) is 13.0 Å². The predicted molar refractivity (Wildman–Crippen MR) is 162 cm³/mol. The highest BCUT2D eigenvalue weighted by atomic mass is 32.1. The zero-order valence-electron chi connectivity index (χ0n) is 25.9. The van der Waals surface area contributed by atoms with E-state index in [4.69, 9.17) is 4.43 Å². The maximum absolute atomic E-state index is 14.4. The van der Waals surface area contributed by atoms with Gasteiger partial charge in [0.05, 0.1) is 17.0 Å². The SMILES string of the molecule is CC[C@H](Nc1cc(C(F)F)c(-c2sc(C(=O)NC3CC3O[Si](C)(C)C(C)(C)C)nc2C(=O)N2CCC[C@@H]2C)cn1)C(F)(F)F. The molecule has 0 bridgehead atoms. The van der Waals surface area contributed by atoms with E-state index in [1.807, 2.05) is 6.92 Å². The van der Waals surface area contributed by atoms with Crippen LogP contribution in [0.3, 0.4) is 0 Å². The summed E-state index contributed by atoms with van der Waals surface area (Å²) in [4.78, 5) is 36.9. The second-order valence-electron chi connectivity index (χ2n) is 13.0. The standard InChI is InChI=1S/C29H40F5N5O3SSi/c1-8-20(29(32,33)34)37-21-12-16(24(30)31)17(14-35-21)23-22(27(41)39-11-9-10-15(39)2)38-26(43-23)25(40)36-18-13-19(18)42-44(6,7)28(3,4)5/h12,14-15,18-20,24H,8-11,13H2,1-7H3,(H,35,37)(H,36,40)/t15-,18?,19?,20-/m0/s1. The van der Waals surface area contributed by atoms with Crippen LogP contribution in [0.1, 0.15) is 92.6 Å². The highest BCUT2D eigenvalue weighted by Gasteiger charge is 2.48. The number of halogens is 5. The smallest absolute Gasteiger partial charge is 0.408 e. The molecule has 2 N–H and O–H groups in total. The number of hydrogen-bond donors (Lipinski definition) is 2. The van der Waals surface area contributed by atoms with Gasteiger partial charge >= 0.3 is 6.18 Å². The molecule has 2 unspecified atom stereocenters. The highest BCUT2D eigenvalue weighted by Crippen LogP contribution is 2.42. The number of nitrogens with zero attached hydrogens (tertiary/aromatic N) is 3. The molecule has 2 amide bonds. The highest BCUT2D eigenvalue weighted by molar-refractivity contribution is 7.17.